The average Bonchev–Trinajstić information content (AvgIpc) is 2.64. The summed E-state index contributed by atoms with van der Waals surface area (Å²) in [5, 5.41) is 0.744. The van der Waals surface area contributed by atoms with E-state index in [1.165, 1.54) is 0 Å². The summed E-state index contributed by atoms with van der Waals surface area (Å²) in [5.74, 6) is 1.04. The second-order valence-electron chi connectivity index (χ2n) is 6.08. The van der Waals surface area contributed by atoms with Gasteiger partial charge < -0.3 is 10.3 Å². The van der Waals surface area contributed by atoms with Gasteiger partial charge in [-0.3, -0.25) is 0 Å². The van der Waals surface area contributed by atoms with Crippen molar-refractivity contribution in [2.75, 3.05) is 0 Å². The van der Waals surface area contributed by atoms with Crippen molar-refractivity contribution in [2.45, 2.75) is 46.7 Å². The molecule has 0 fully saturated rings. The van der Waals surface area contributed by atoms with Gasteiger partial charge in [-0.25, -0.2) is 4.98 Å². The summed E-state index contributed by atoms with van der Waals surface area (Å²) in [5.41, 5.74) is 8.43. The van der Waals surface area contributed by atoms with Gasteiger partial charge >= 0.3 is 0 Å². The number of benzene rings is 1. The highest BCUT2D eigenvalue weighted by atomic mass is 35.5. The van der Waals surface area contributed by atoms with E-state index in [1.807, 2.05) is 18.2 Å². The maximum atomic E-state index is 6.28. The SMILES string of the molecule is CCn1c(CC(N)C(C)(C)C)nc2ccc(Cl)cc21. The number of nitrogens with two attached hydrogens (primary N) is 1. The molecule has 0 aliphatic carbocycles. The van der Waals surface area contributed by atoms with E-state index in [2.05, 4.69) is 32.3 Å². The van der Waals surface area contributed by atoms with E-state index in [0.29, 0.717) is 0 Å². The highest BCUT2D eigenvalue weighted by Crippen LogP contribution is 2.24. The first-order valence-corrected chi connectivity index (χ1v) is 7.11. The summed E-state index contributed by atoms with van der Waals surface area (Å²) in [6.45, 7) is 9.48. The maximum absolute atomic E-state index is 6.28. The standard InChI is InChI=1S/C15H22ClN3/c1-5-19-12-8-10(16)6-7-11(12)18-14(19)9-13(17)15(2,3)4/h6-8,13H,5,9,17H2,1-4H3. The minimum absolute atomic E-state index is 0.0777. The zero-order valence-electron chi connectivity index (χ0n) is 12.1. The largest absolute Gasteiger partial charge is 0.328 e. The monoisotopic (exact) mass is 279 g/mol. The van der Waals surface area contributed by atoms with Crippen molar-refractivity contribution in [3.8, 4) is 0 Å². The molecule has 104 valence electrons. The molecule has 0 saturated heterocycles. The van der Waals surface area contributed by atoms with E-state index in [1.54, 1.807) is 0 Å². The van der Waals surface area contributed by atoms with Crippen LogP contribution in [0.15, 0.2) is 18.2 Å². The zero-order valence-corrected chi connectivity index (χ0v) is 12.8. The highest BCUT2D eigenvalue weighted by molar-refractivity contribution is 6.31. The van der Waals surface area contributed by atoms with E-state index >= 15 is 0 Å². The molecular formula is C15H22ClN3. The van der Waals surface area contributed by atoms with Crippen molar-refractivity contribution in [3.05, 3.63) is 29.0 Å². The number of rotatable bonds is 3. The molecule has 2 N–H and O–H groups in total. The Kier molecular flexibility index (Phi) is 3.88. The smallest absolute Gasteiger partial charge is 0.111 e. The van der Waals surface area contributed by atoms with Crippen LogP contribution < -0.4 is 5.73 Å². The van der Waals surface area contributed by atoms with Crippen LogP contribution in [0.4, 0.5) is 0 Å². The van der Waals surface area contributed by atoms with Crippen LogP contribution in [0, 0.1) is 5.41 Å². The molecule has 1 heterocycles. The Bertz CT molecular complexity index is 581. The van der Waals surface area contributed by atoms with Crippen molar-refractivity contribution < 1.29 is 0 Å². The van der Waals surface area contributed by atoms with Crippen LogP contribution in [0.2, 0.25) is 5.02 Å². The van der Waals surface area contributed by atoms with Crippen molar-refractivity contribution >= 4 is 22.6 Å². The fraction of sp³-hybridized carbons (Fsp3) is 0.533. The third-order valence-electron chi connectivity index (χ3n) is 3.62. The van der Waals surface area contributed by atoms with Gasteiger partial charge in [0, 0.05) is 24.0 Å². The van der Waals surface area contributed by atoms with Gasteiger partial charge in [0.05, 0.1) is 11.0 Å². The van der Waals surface area contributed by atoms with Crippen LogP contribution >= 0.6 is 11.6 Å². The summed E-state index contributed by atoms with van der Waals surface area (Å²) in [6, 6.07) is 5.91. The first-order valence-electron chi connectivity index (χ1n) is 6.73. The molecule has 3 nitrogen and oxygen atoms in total. The van der Waals surface area contributed by atoms with Crippen molar-refractivity contribution in [3.63, 3.8) is 0 Å². The van der Waals surface area contributed by atoms with E-state index < -0.39 is 0 Å². The highest BCUT2D eigenvalue weighted by Gasteiger charge is 2.23. The normalized spacial score (nSPS) is 14.0. The average molecular weight is 280 g/mol. The molecule has 0 amide bonds. The van der Waals surface area contributed by atoms with Gasteiger partial charge in [-0.15, -0.1) is 0 Å². The van der Waals surface area contributed by atoms with Gasteiger partial charge in [-0.1, -0.05) is 32.4 Å². The van der Waals surface area contributed by atoms with Crippen LogP contribution in [0.25, 0.3) is 11.0 Å². The molecular weight excluding hydrogens is 258 g/mol. The summed E-state index contributed by atoms with van der Waals surface area (Å²) in [7, 11) is 0. The lowest BCUT2D eigenvalue weighted by Crippen LogP contribution is -2.37. The second-order valence-corrected chi connectivity index (χ2v) is 6.52. The minimum atomic E-state index is 0.0777. The number of nitrogens with zero attached hydrogens (tertiary/aromatic N) is 2. The molecule has 1 aromatic carbocycles. The lowest BCUT2D eigenvalue weighted by Gasteiger charge is -2.26. The van der Waals surface area contributed by atoms with Crippen LogP contribution in [0.5, 0.6) is 0 Å². The van der Waals surface area contributed by atoms with Gasteiger partial charge in [0.1, 0.15) is 5.82 Å². The molecule has 0 bridgehead atoms. The Morgan fingerprint density at radius 1 is 1.37 bits per heavy atom. The molecule has 2 rings (SSSR count). The van der Waals surface area contributed by atoms with Crippen LogP contribution in [-0.2, 0) is 13.0 Å². The Balaban J connectivity index is 2.43. The van der Waals surface area contributed by atoms with Gasteiger partial charge in [-0.2, -0.15) is 0 Å². The first-order chi connectivity index (χ1) is 8.82. The van der Waals surface area contributed by atoms with E-state index in [-0.39, 0.29) is 11.5 Å². The fourth-order valence-electron chi connectivity index (χ4n) is 2.16. The fourth-order valence-corrected chi connectivity index (χ4v) is 2.32. The van der Waals surface area contributed by atoms with Crippen LogP contribution in [0.3, 0.4) is 0 Å². The van der Waals surface area contributed by atoms with E-state index in [0.717, 1.165) is 34.8 Å². The van der Waals surface area contributed by atoms with Crippen molar-refractivity contribution in [2.24, 2.45) is 11.1 Å². The molecule has 2 aromatic rings. The van der Waals surface area contributed by atoms with Crippen LogP contribution in [-0.4, -0.2) is 15.6 Å². The number of halogens is 1. The molecule has 0 spiro atoms. The minimum Gasteiger partial charge on any atom is -0.328 e. The van der Waals surface area contributed by atoms with E-state index in [4.69, 9.17) is 22.3 Å². The molecule has 19 heavy (non-hydrogen) atoms. The molecule has 1 atom stereocenters. The molecule has 0 aliphatic rings. The third kappa shape index (κ3) is 2.93. The molecule has 0 radical (unpaired) electrons. The Labute approximate surface area is 119 Å². The number of aryl methyl sites for hydroxylation is 1. The molecule has 0 aliphatic heterocycles. The molecule has 1 unspecified atom stereocenters. The lowest BCUT2D eigenvalue weighted by molar-refractivity contribution is 0.313. The predicted molar refractivity (Wildman–Crippen MR) is 81.6 cm³/mol. The summed E-state index contributed by atoms with van der Waals surface area (Å²) in [4.78, 5) is 4.70. The number of fused-ring (bicyclic) bond motifs is 1. The first kappa shape index (κ1) is 14.4. The lowest BCUT2D eigenvalue weighted by atomic mass is 9.85. The quantitative estimate of drug-likeness (QED) is 0.932. The summed E-state index contributed by atoms with van der Waals surface area (Å²) >= 11 is 6.07. The Morgan fingerprint density at radius 2 is 2.05 bits per heavy atom. The summed E-state index contributed by atoms with van der Waals surface area (Å²) < 4.78 is 2.20. The molecule has 1 aromatic heterocycles. The number of imidazole rings is 1. The number of hydrogen-bond acceptors (Lipinski definition) is 2. The number of aromatic nitrogens is 2. The second kappa shape index (κ2) is 5.14. The third-order valence-corrected chi connectivity index (χ3v) is 3.86. The van der Waals surface area contributed by atoms with Gasteiger partial charge in [0.15, 0.2) is 0 Å². The van der Waals surface area contributed by atoms with Gasteiger partial charge in [0.2, 0.25) is 0 Å². The Hall–Kier alpha value is -1.06. The van der Waals surface area contributed by atoms with Crippen LogP contribution in [0.1, 0.15) is 33.5 Å². The topological polar surface area (TPSA) is 43.8 Å². The zero-order chi connectivity index (χ0) is 14.2. The molecule has 0 saturated carbocycles. The predicted octanol–water partition coefficient (Wildman–Crippen LogP) is 3.63. The van der Waals surface area contributed by atoms with Crippen molar-refractivity contribution in [1.29, 1.82) is 0 Å². The molecule has 4 heteroatoms. The van der Waals surface area contributed by atoms with Crippen molar-refractivity contribution in [1.82, 2.24) is 9.55 Å². The maximum Gasteiger partial charge on any atom is 0.111 e. The number of hydrogen-bond donors (Lipinski definition) is 1. The van der Waals surface area contributed by atoms with E-state index in [9.17, 15) is 0 Å². The Morgan fingerprint density at radius 3 is 2.63 bits per heavy atom. The van der Waals surface area contributed by atoms with Gasteiger partial charge in [0.25, 0.3) is 0 Å². The summed E-state index contributed by atoms with van der Waals surface area (Å²) in [6.07, 6.45) is 0.781. The van der Waals surface area contributed by atoms with Gasteiger partial charge in [-0.05, 0) is 30.5 Å².